The monoisotopic (exact) mass is 328 g/mol. The molecule has 2 rings (SSSR count). The Morgan fingerprint density at radius 3 is 2.80 bits per heavy atom. The lowest BCUT2D eigenvalue weighted by Crippen LogP contribution is -2.11. The lowest BCUT2D eigenvalue weighted by atomic mass is 10.2. The highest BCUT2D eigenvalue weighted by Crippen LogP contribution is 2.32. The molecule has 0 aliphatic heterocycles. The van der Waals surface area contributed by atoms with Crippen molar-refractivity contribution in [3.63, 3.8) is 0 Å². The van der Waals surface area contributed by atoms with Gasteiger partial charge in [-0.1, -0.05) is 43.0 Å². The highest BCUT2D eigenvalue weighted by Gasteiger charge is 2.12. The van der Waals surface area contributed by atoms with E-state index in [0.717, 1.165) is 6.54 Å². The Bertz CT molecular complexity index is 529. The summed E-state index contributed by atoms with van der Waals surface area (Å²) in [7, 11) is 0. The summed E-state index contributed by atoms with van der Waals surface area (Å²) >= 11 is 13.9. The summed E-state index contributed by atoms with van der Waals surface area (Å²) in [6.07, 6.45) is 9.32. The summed E-state index contributed by atoms with van der Waals surface area (Å²) in [5.41, 5.74) is 0. The van der Waals surface area contributed by atoms with Crippen molar-refractivity contribution in [2.75, 3.05) is 0 Å². The summed E-state index contributed by atoms with van der Waals surface area (Å²) in [5.74, 6) is 0. The summed E-state index contributed by atoms with van der Waals surface area (Å²) in [5, 5.41) is 1.74. The molecule has 108 valence electrons. The molecule has 1 aromatic heterocycles. The Kier molecular flexibility index (Phi) is 6.27. The summed E-state index contributed by atoms with van der Waals surface area (Å²) < 4.78 is 2.13. The van der Waals surface area contributed by atoms with Crippen LogP contribution in [0.3, 0.4) is 0 Å². The predicted molar refractivity (Wildman–Crippen MR) is 87.9 cm³/mol. The predicted octanol–water partition coefficient (Wildman–Crippen LogP) is 5.54. The van der Waals surface area contributed by atoms with Crippen LogP contribution >= 0.6 is 35.0 Å². The Balaban J connectivity index is 2.04. The van der Waals surface area contributed by atoms with Crippen molar-refractivity contribution < 1.29 is 0 Å². The molecular weight excluding hydrogens is 311 g/mol. The van der Waals surface area contributed by atoms with Crippen molar-refractivity contribution in [1.82, 2.24) is 9.55 Å². The lowest BCUT2D eigenvalue weighted by Gasteiger charge is -2.17. The van der Waals surface area contributed by atoms with Gasteiger partial charge in [0.2, 0.25) is 0 Å². The number of imidazole rings is 1. The molecule has 1 aromatic carbocycles. The molecule has 20 heavy (non-hydrogen) atoms. The molecule has 0 radical (unpaired) electrons. The van der Waals surface area contributed by atoms with Gasteiger partial charge in [-0.05, 0) is 24.6 Å². The summed E-state index contributed by atoms with van der Waals surface area (Å²) in [6, 6.07) is 5.84. The molecule has 1 heterocycles. The zero-order valence-corrected chi connectivity index (χ0v) is 13.8. The van der Waals surface area contributed by atoms with Crippen LogP contribution in [0.2, 0.25) is 10.0 Å². The molecular formula is C15H18Cl2N2S. The van der Waals surface area contributed by atoms with Gasteiger partial charge in [0.1, 0.15) is 0 Å². The lowest BCUT2D eigenvalue weighted by molar-refractivity contribution is 0.596. The molecule has 0 bridgehead atoms. The fourth-order valence-electron chi connectivity index (χ4n) is 1.99. The summed E-state index contributed by atoms with van der Waals surface area (Å²) in [4.78, 5) is 5.27. The number of thioether (sulfide) groups is 1. The topological polar surface area (TPSA) is 17.8 Å². The maximum atomic E-state index is 6.08. The maximum absolute atomic E-state index is 6.08. The Labute approximate surface area is 134 Å². The van der Waals surface area contributed by atoms with E-state index in [2.05, 4.69) is 16.5 Å². The number of unbranched alkanes of at least 4 members (excludes halogenated alkanes) is 1. The quantitative estimate of drug-likeness (QED) is 0.621. The van der Waals surface area contributed by atoms with E-state index in [0.29, 0.717) is 15.3 Å². The molecule has 0 spiro atoms. The minimum Gasteiger partial charge on any atom is -0.336 e. The van der Waals surface area contributed by atoms with Gasteiger partial charge >= 0.3 is 0 Å². The van der Waals surface area contributed by atoms with Crippen molar-refractivity contribution in [2.45, 2.75) is 42.9 Å². The molecule has 0 aliphatic rings. The largest absolute Gasteiger partial charge is 0.336 e. The zero-order valence-electron chi connectivity index (χ0n) is 11.4. The van der Waals surface area contributed by atoms with Crippen LogP contribution in [0.25, 0.3) is 0 Å². The van der Waals surface area contributed by atoms with Gasteiger partial charge in [0.05, 0.1) is 16.4 Å². The molecule has 0 saturated heterocycles. The number of benzene rings is 1. The standard InChI is InChI=1S/C15H18Cl2N2S/c1-2-3-4-13(10-19-8-7-18-11-19)20-12-5-6-14(16)15(17)9-12/h5-9,11,13H,2-4,10H2,1H3. The van der Waals surface area contributed by atoms with E-state index in [1.807, 2.05) is 48.7 Å². The smallest absolute Gasteiger partial charge is 0.0946 e. The number of aromatic nitrogens is 2. The number of hydrogen-bond donors (Lipinski definition) is 0. The van der Waals surface area contributed by atoms with Crippen LogP contribution in [-0.4, -0.2) is 14.8 Å². The van der Waals surface area contributed by atoms with E-state index in [-0.39, 0.29) is 0 Å². The third-order valence-corrected chi connectivity index (χ3v) is 5.03. The average molecular weight is 329 g/mol. The first-order valence-corrected chi connectivity index (χ1v) is 8.40. The van der Waals surface area contributed by atoms with Crippen molar-refractivity contribution in [3.8, 4) is 0 Å². The second-order valence-electron chi connectivity index (χ2n) is 4.72. The average Bonchev–Trinajstić information content (AvgIpc) is 2.93. The Hall–Kier alpha value is -0.640. The van der Waals surface area contributed by atoms with Crippen LogP contribution in [0.15, 0.2) is 41.8 Å². The van der Waals surface area contributed by atoms with E-state index in [4.69, 9.17) is 23.2 Å². The highest BCUT2D eigenvalue weighted by atomic mass is 35.5. The second kappa shape index (κ2) is 7.96. The van der Waals surface area contributed by atoms with Gasteiger partial charge in [-0.2, -0.15) is 0 Å². The first-order valence-electron chi connectivity index (χ1n) is 6.76. The van der Waals surface area contributed by atoms with Crippen molar-refractivity contribution >= 4 is 35.0 Å². The van der Waals surface area contributed by atoms with Crippen molar-refractivity contribution in [2.24, 2.45) is 0 Å². The van der Waals surface area contributed by atoms with Gasteiger partial charge in [-0.25, -0.2) is 4.98 Å². The maximum Gasteiger partial charge on any atom is 0.0946 e. The number of hydrogen-bond acceptors (Lipinski definition) is 2. The number of halogens is 2. The Morgan fingerprint density at radius 2 is 2.15 bits per heavy atom. The van der Waals surface area contributed by atoms with E-state index in [1.165, 1.54) is 24.2 Å². The Morgan fingerprint density at radius 1 is 1.30 bits per heavy atom. The molecule has 0 amide bonds. The first-order chi connectivity index (χ1) is 9.69. The number of rotatable bonds is 7. The highest BCUT2D eigenvalue weighted by molar-refractivity contribution is 8.00. The molecule has 2 nitrogen and oxygen atoms in total. The van der Waals surface area contributed by atoms with Gasteiger partial charge in [0.15, 0.2) is 0 Å². The van der Waals surface area contributed by atoms with Gasteiger partial charge in [-0.15, -0.1) is 11.8 Å². The van der Waals surface area contributed by atoms with Crippen LogP contribution in [0.4, 0.5) is 0 Å². The van der Waals surface area contributed by atoms with Crippen molar-refractivity contribution in [3.05, 3.63) is 47.0 Å². The third kappa shape index (κ3) is 4.72. The van der Waals surface area contributed by atoms with Crippen molar-refractivity contribution in [1.29, 1.82) is 0 Å². The van der Waals surface area contributed by atoms with Crippen LogP contribution in [0, 0.1) is 0 Å². The van der Waals surface area contributed by atoms with Crippen LogP contribution in [0.5, 0.6) is 0 Å². The van der Waals surface area contributed by atoms with Gasteiger partial charge in [0.25, 0.3) is 0 Å². The fraction of sp³-hybridized carbons (Fsp3) is 0.400. The SMILES string of the molecule is CCCCC(Cn1ccnc1)Sc1ccc(Cl)c(Cl)c1. The normalized spacial score (nSPS) is 12.6. The zero-order chi connectivity index (χ0) is 14.4. The molecule has 0 fully saturated rings. The van der Waals surface area contributed by atoms with Crippen LogP contribution < -0.4 is 0 Å². The van der Waals surface area contributed by atoms with Gasteiger partial charge in [0, 0.05) is 29.1 Å². The number of nitrogens with zero attached hydrogens (tertiary/aromatic N) is 2. The first kappa shape index (κ1) is 15.7. The summed E-state index contributed by atoms with van der Waals surface area (Å²) in [6.45, 7) is 3.18. The third-order valence-electron chi connectivity index (χ3n) is 3.05. The molecule has 0 aliphatic carbocycles. The fourth-order valence-corrected chi connectivity index (χ4v) is 3.60. The van der Waals surface area contributed by atoms with E-state index >= 15 is 0 Å². The minimum atomic E-state index is 0.515. The molecule has 1 unspecified atom stereocenters. The van der Waals surface area contributed by atoms with Gasteiger partial charge < -0.3 is 4.57 Å². The van der Waals surface area contributed by atoms with Gasteiger partial charge in [-0.3, -0.25) is 0 Å². The second-order valence-corrected chi connectivity index (χ2v) is 6.91. The van der Waals surface area contributed by atoms with E-state index in [9.17, 15) is 0 Å². The minimum absolute atomic E-state index is 0.515. The molecule has 0 saturated carbocycles. The van der Waals surface area contributed by atoms with Crippen LogP contribution in [-0.2, 0) is 6.54 Å². The van der Waals surface area contributed by atoms with E-state index < -0.39 is 0 Å². The molecule has 2 aromatic rings. The van der Waals surface area contributed by atoms with E-state index in [1.54, 1.807) is 0 Å². The molecule has 0 N–H and O–H groups in total. The van der Waals surface area contributed by atoms with Crippen LogP contribution in [0.1, 0.15) is 26.2 Å². The molecule has 5 heteroatoms. The molecule has 1 atom stereocenters.